The standard InChI is InChI=1S/C15H25NO3/c1-5-6-13(11-17)12-7-9-16(10-8-12)14(18)19-15(2,3)4/h1,12-13,17H,6-11H2,2-4H3. The Kier molecular flexibility index (Phi) is 5.68. The van der Waals surface area contributed by atoms with Gasteiger partial charge in [0.15, 0.2) is 0 Å². The summed E-state index contributed by atoms with van der Waals surface area (Å²) in [5.41, 5.74) is -0.453. The molecule has 0 radical (unpaired) electrons. The number of carbonyl (C=O) groups is 1. The lowest BCUT2D eigenvalue weighted by atomic mass is 9.83. The van der Waals surface area contributed by atoms with E-state index in [0.717, 1.165) is 12.8 Å². The molecule has 1 aliphatic rings. The number of carbonyl (C=O) groups excluding carboxylic acids is 1. The first-order valence-electron chi connectivity index (χ1n) is 6.89. The summed E-state index contributed by atoms with van der Waals surface area (Å²) in [4.78, 5) is 13.6. The van der Waals surface area contributed by atoms with E-state index in [9.17, 15) is 9.90 Å². The van der Waals surface area contributed by atoms with Crippen molar-refractivity contribution in [3.8, 4) is 12.3 Å². The molecule has 1 N–H and O–H groups in total. The summed E-state index contributed by atoms with van der Waals surface area (Å²) in [5.74, 6) is 3.18. The highest BCUT2D eigenvalue weighted by molar-refractivity contribution is 5.68. The first-order valence-corrected chi connectivity index (χ1v) is 6.89. The lowest BCUT2D eigenvalue weighted by Crippen LogP contribution is -2.43. The van der Waals surface area contributed by atoms with Gasteiger partial charge in [-0.3, -0.25) is 0 Å². The first kappa shape index (κ1) is 15.8. The summed E-state index contributed by atoms with van der Waals surface area (Å²) >= 11 is 0. The van der Waals surface area contributed by atoms with E-state index in [0.29, 0.717) is 25.4 Å². The summed E-state index contributed by atoms with van der Waals surface area (Å²) in [7, 11) is 0. The number of terminal acetylenes is 1. The van der Waals surface area contributed by atoms with Gasteiger partial charge >= 0.3 is 6.09 Å². The second-order valence-electron chi connectivity index (χ2n) is 6.16. The van der Waals surface area contributed by atoms with E-state index in [1.165, 1.54) is 0 Å². The Labute approximate surface area is 116 Å². The van der Waals surface area contributed by atoms with Gasteiger partial charge in [-0.15, -0.1) is 12.3 Å². The number of amides is 1. The third kappa shape index (κ3) is 5.12. The molecular weight excluding hydrogens is 242 g/mol. The van der Waals surface area contributed by atoms with Crippen molar-refractivity contribution in [1.29, 1.82) is 0 Å². The van der Waals surface area contributed by atoms with Crippen LogP contribution in [0.1, 0.15) is 40.0 Å². The van der Waals surface area contributed by atoms with Gasteiger partial charge in [0.1, 0.15) is 5.60 Å². The minimum Gasteiger partial charge on any atom is -0.444 e. The fraction of sp³-hybridized carbons (Fsp3) is 0.800. The number of likely N-dealkylation sites (tertiary alicyclic amines) is 1. The zero-order valence-electron chi connectivity index (χ0n) is 12.2. The molecule has 0 aromatic heterocycles. The van der Waals surface area contributed by atoms with Crippen molar-refractivity contribution >= 4 is 6.09 Å². The second-order valence-corrected chi connectivity index (χ2v) is 6.16. The van der Waals surface area contributed by atoms with Crippen LogP contribution in [0.15, 0.2) is 0 Å². The average molecular weight is 267 g/mol. The van der Waals surface area contributed by atoms with Crippen LogP contribution in [0.4, 0.5) is 4.79 Å². The predicted molar refractivity (Wildman–Crippen MR) is 74.6 cm³/mol. The molecule has 0 bridgehead atoms. The SMILES string of the molecule is C#CCC(CO)C1CCN(C(=O)OC(C)(C)C)CC1. The van der Waals surface area contributed by atoms with Crippen LogP contribution in [0.25, 0.3) is 0 Å². The Hall–Kier alpha value is -1.21. The Bertz CT molecular complexity index is 332. The smallest absolute Gasteiger partial charge is 0.410 e. The van der Waals surface area contributed by atoms with E-state index in [1.54, 1.807) is 4.90 Å². The molecule has 1 amide bonds. The molecule has 4 heteroatoms. The Morgan fingerprint density at radius 1 is 1.47 bits per heavy atom. The maximum Gasteiger partial charge on any atom is 0.410 e. The largest absolute Gasteiger partial charge is 0.444 e. The molecule has 1 aliphatic heterocycles. The van der Waals surface area contributed by atoms with Crippen LogP contribution in [-0.4, -0.2) is 41.4 Å². The van der Waals surface area contributed by atoms with Crippen molar-refractivity contribution in [3.05, 3.63) is 0 Å². The molecule has 1 rings (SSSR count). The maximum atomic E-state index is 11.9. The molecule has 0 aromatic rings. The number of aliphatic hydroxyl groups is 1. The minimum absolute atomic E-state index is 0.126. The van der Waals surface area contributed by atoms with Gasteiger partial charge < -0.3 is 14.7 Å². The summed E-state index contributed by atoms with van der Waals surface area (Å²) in [6.45, 7) is 7.09. The molecule has 1 saturated heterocycles. The highest BCUT2D eigenvalue weighted by atomic mass is 16.6. The van der Waals surface area contributed by atoms with E-state index in [4.69, 9.17) is 11.2 Å². The Morgan fingerprint density at radius 3 is 2.47 bits per heavy atom. The Balaban J connectivity index is 2.44. The van der Waals surface area contributed by atoms with Gasteiger partial charge in [-0.2, -0.15) is 0 Å². The molecule has 0 saturated carbocycles. The zero-order valence-corrected chi connectivity index (χ0v) is 12.2. The monoisotopic (exact) mass is 267 g/mol. The van der Waals surface area contributed by atoms with Gasteiger partial charge in [0.05, 0.1) is 0 Å². The van der Waals surface area contributed by atoms with Crippen LogP contribution in [0.5, 0.6) is 0 Å². The number of aliphatic hydroxyl groups excluding tert-OH is 1. The summed E-state index contributed by atoms with van der Waals surface area (Å²) in [6.07, 6.45) is 7.43. The maximum absolute atomic E-state index is 11.9. The number of ether oxygens (including phenoxy) is 1. The highest BCUT2D eigenvalue weighted by Gasteiger charge is 2.29. The number of hydrogen-bond donors (Lipinski definition) is 1. The van der Waals surface area contributed by atoms with Gasteiger partial charge in [0.25, 0.3) is 0 Å². The molecule has 0 spiro atoms. The van der Waals surface area contributed by atoms with E-state index < -0.39 is 5.60 Å². The molecular formula is C15H25NO3. The Morgan fingerprint density at radius 2 is 2.05 bits per heavy atom. The van der Waals surface area contributed by atoms with Crippen LogP contribution >= 0.6 is 0 Å². The fourth-order valence-corrected chi connectivity index (χ4v) is 2.41. The highest BCUT2D eigenvalue weighted by Crippen LogP contribution is 2.27. The van der Waals surface area contributed by atoms with Crippen LogP contribution in [0.2, 0.25) is 0 Å². The van der Waals surface area contributed by atoms with Crippen LogP contribution in [0.3, 0.4) is 0 Å². The van der Waals surface area contributed by atoms with Gasteiger partial charge in [-0.1, -0.05) is 0 Å². The molecule has 4 nitrogen and oxygen atoms in total. The van der Waals surface area contributed by atoms with Gasteiger partial charge in [0.2, 0.25) is 0 Å². The minimum atomic E-state index is -0.453. The number of piperidine rings is 1. The summed E-state index contributed by atoms with van der Waals surface area (Å²) in [5, 5.41) is 9.34. The van der Waals surface area contributed by atoms with Crippen LogP contribution < -0.4 is 0 Å². The van der Waals surface area contributed by atoms with Crippen molar-refractivity contribution in [2.24, 2.45) is 11.8 Å². The number of nitrogens with zero attached hydrogens (tertiary/aromatic N) is 1. The van der Waals surface area contributed by atoms with Crippen molar-refractivity contribution in [2.75, 3.05) is 19.7 Å². The second kappa shape index (κ2) is 6.81. The van der Waals surface area contributed by atoms with E-state index in [1.807, 2.05) is 20.8 Å². The fourth-order valence-electron chi connectivity index (χ4n) is 2.41. The molecule has 1 unspecified atom stereocenters. The van der Waals surface area contributed by atoms with Crippen molar-refractivity contribution < 1.29 is 14.6 Å². The van der Waals surface area contributed by atoms with Gasteiger partial charge in [0, 0.05) is 26.1 Å². The molecule has 1 atom stereocenters. The molecule has 1 heterocycles. The van der Waals surface area contributed by atoms with Crippen LogP contribution in [0, 0.1) is 24.2 Å². The third-order valence-corrected chi connectivity index (χ3v) is 3.47. The number of hydrogen-bond acceptors (Lipinski definition) is 3. The van der Waals surface area contributed by atoms with Crippen LogP contribution in [-0.2, 0) is 4.74 Å². The molecule has 1 fully saturated rings. The van der Waals surface area contributed by atoms with Crippen molar-refractivity contribution in [3.63, 3.8) is 0 Å². The third-order valence-electron chi connectivity index (χ3n) is 3.47. The molecule has 0 aliphatic carbocycles. The van der Waals surface area contributed by atoms with E-state index in [-0.39, 0.29) is 18.6 Å². The average Bonchev–Trinajstić information content (AvgIpc) is 2.34. The zero-order chi connectivity index (χ0) is 14.5. The normalized spacial score (nSPS) is 18.8. The quantitative estimate of drug-likeness (QED) is 0.798. The van der Waals surface area contributed by atoms with Crippen molar-refractivity contribution in [2.45, 2.75) is 45.6 Å². The van der Waals surface area contributed by atoms with Crippen molar-refractivity contribution in [1.82, 2.24) is 4.90 Å². The predicted octanol–water partition coefficient (Wildman–Crippen LogP) is 2.27. The lowest BCUT2D eigenvalue weighted by Gasteiger charge is -2.35. The molecule has 19 heavy (non-hydrogen) atoms. The summed E-state index contributed by atoms with van der Waals surface area (Å²) in [6, 6.07) is 0. The first-order chi connectivity index (χ1) is 8.87. The van der Waals surface area contributed by atoms with E-state index in [2.05, 4.69) is 5.92 Å². The summed E-state index contributed by atoms with van der Waals surface area (Å²) < 4.78 is 5.35. The van der Waals surface area contributed by atoms with Gasteiger partial charge in [-0.05, 0) is 45.4 Å². The number of rotatable bonds is 3. The molecule has 0 aromatic carbocycles. The van der Waals surface area contributed by atoms with Gasteiger partial charge in [-0.25, -0.2) is 4.79 Å². The topological polar surface area (TPSA) is 49.8 Å². The van der Waals surface area contributed by atoms with E-state index >= 15 is 0 Å². The lowest BCUT2D eigenvalue weighted by molar-refractivity contribution is 0.0143. The molecule has 108 valence electrons.